The lowest BCUT2D eigenvalue weighted by atomic mass is 10.0. The maximum Gasteiger partial charge on any atom is 0.247 e. The predicted octanol–water partition coefficient (Wildman–Crippen LogP) is 3.28. The first-order valence-electron chi connectivity index (χ1n) is 12.8. The molecule has 11 heteroatoms. The molecule has 0 saturated carbocycles. The van der Waals surface area contributed by atoms with E-state index in [1.165, 1.54) is 0 Å². The molecule has 2 aromatic carbocycles. The van der Waals surface area contributed by atoms with Gasteiger partial charge in [-0.3, -0.25) is 9.69 Å². The van der Waals surface area contributed by atoms with E-state index in [9.17, 15) is 4.79 Å². The molecule has 0 atom stereocenters. The summed E-state index contributed by atoms with van der Waals surface area (Å²) in [5.74, 6) is 0.586. The Morgan fingerprint density at radius 2 is 1.87 bits per heavy atom. The van der Waals surface area contributed by atoms with Gasteiger partial charge in [-0.15, -0.1) is 5.10 Å². The van der Waals surface area contributed by atoms with Crippen molar-refractivity contribution in [2.24, 2.45) is 0 Å². The normalized spacial score (nSPS) is 16.4. The van der Waals surface area contributed by atoms with Crippen molar-refractivity contribution in [2.45, 2.75) is 12.8 Å². The van der Waals surface area contributed by atoms with Gasteiger partial charge in [0.2, 0.25) is 11.6 Å². The van der Waals surface area contributed by atoms with Crippen LogP contribution in [0.1, 0.15) is 12.8 Å². The molecule has 1 aliphatic heterocycles. The number of aromatic nitrogens is 5. The van der Waals surface area contributed by atoms with Gasteiger partial charge in [0, 0.05) is 61.2 Å². The monoisotopic (exact) mass is 529 g/mol. The molecule has 1 aliphatic carbocycles. The molecule has 2 N–H and O–H groups in total. The van der Waals surface area contributed by atoms with E-state index >= 15 is 0 Å². The first-order chi connectivity index (χ1) is 18.6. The lowest BCUT2D eigenvalue weighted by Gasteiger charge is -2.36. The van der Waals surface area contributed by atoms with Crippen LogP contribution in [0, 0.1) is 0 Å². The standard InChI is InChI=1S/C27H28ClN9O/c28-20-4-3-5-22(18-20)36-16-14-35(15-17-36)13-12-29-27(38)19-8-10-21(11-9-19)30-25-26-32-33-34-37(26)24-7-2-1-6-23(24)31-25/h1-8,10,18H,9,11-17H2,(H,29,38)(H,30,31). The Morgan fingerprint density at radius 1 is 1.00 bits per heavy atom. The highest BCUT2D eigenvalue weighted by Crippen LogP contribution is 2.24. The minimum atomic E-state index is -0.00857. The molecule has 0 radical (unpaired) electrons. The Hall–Kier alpha value is -4.02. The number of hydrogen-bond acceptors (Lipinski definition) is 8. The second-order valence-electron chi connectivity index (χ2n) is 9.44. The number of anilines is 2. The molecule has 1 amide bonds. The smallest absolute Gasteiger partial charge is 0.247 e. The number of nitrogens with one attached hydrogen (secondary N) is 2. The van der Waals surface area contributed by atoms with E-state index in [4.69, 9.17) is 16.6 Å². The van der Waals surface area contributed by atoms with Crippen molar-refractivity contribution >= 4 is 45.7 Å². The largest absolute Gasteiger partial charge is 0.369 e. The number of amides is 1. The van der Waals surface area contributed by atoms with Gasteiger partial charge in [-0.1, -0.05) is 35.9 Å². The van der Waals surface area contributed by atoms with E-state index < -0.39 is 0 Å². The zero-order valence-corrected chi connectivity index (χ0v) is 21.6. The van der Waals surface area contributed by atoms with Crippen LogP contribution in [0.5, 0.6) is 0 Å². The summed E-state index contributed by atoms with van der Waals surface area (Å²) in [7, 11) is 0. The van der Waals surface area contributed by atoms with Crippen molar-refractivity contribution < 1.29 is 4.79 Å². The Balaban J connectivity index is 1.01. The lowest BCUT2D eigenvalue weighted by Crippen LogP contribution is -2.48. The first-order valence-corrected chi connectivity index (χ1v) is 13.2. The van der Waals surface area contributed by atoms with Crippen LogP contribution in [0.3, 0.4) is 0 Å². The molecular formula is C27H28ClN9O. The first kappa shape index (κ1) is 24.3. The van der Waals surface area contributed by atoms with Crippen LogP contribution in [0.4, 0.5) is 11.5 Å². The second kappa shape index (κ2) is 10.8. The molecule has 10 nitrogen and oxygen atoms in total. The fraction of sp³-hybridized carbons (Fsp3) is 0.296. The Morgan fingerprint density at radius 3 is 2.68 bits per heavy atom. The van der Waals surface area contributed by atoms with Gasteiger partial charge in [0.05, 0.1) is 11.0 Å². The van der Waals surface area contributed by atoms with Crippen molar-refractivity contribution in [3.63, 3.8) is 0 Å². The number of carbonyl (C=O) groups is 1. The van der Waals surface area contributed by atoms with Crippen LogP contribution in [0.15, 0.2) is 72.0 Å². The number of piperazine rings is 1. The van der Waals surface area contributed by atoms with Gasteiger partial charge < -0.3 is 15.5 Å². The molecule has 1 fully saturated rings. The summed E-state index contributed by atoms with van der Waals surface area (Å²) in [6, 6.07) is 15.7. The van der Waals surface area contributed by atoms with Gasteiger partial charge in [-0.05, 0) is 59.7 Å². The molecule has 194 valence electrons. The number of fused-ring (bicyclic) bond motifs is 3. The van der Waals surface area contributed by atoms with E-state index in [0.717, 1.165) is 65.7 Å². The van der Waals surface area contributed by atoms with Gasteiger partial charge in [0.15, 0.2) is 5.82 Å². The van der Waals surface area contributed by atoms with E-state index in [-0.39, 0.29) is 5.91 Å². The topological polar surface area (TPSA) is 104 Å². The van der Waals surface area contributed by atoms with Crippen molar-refractivity contribution in [3.8, 4) is 0 Å². The maximum absolute atomic E-state index is 12.7. The summed E-state index contributed by atoms with van der Waals surface area (Å²) < 4.78 is 1.68. The summed E-state index contributed by atoms with van der Waals surface area (Å²) in [6.07, 6.45) is 5.17. The van der Waals surface area contributed by atoms with E-state index in [1.807, 2.05) is 54.6 Å². The van der Waals surface area contributed by atoms with Crippen molar-refractivity contribution in [3.05, 3.63) is 77.0 Å². The summed E-state index contributed by atoms with van der Waals surface area (Å²) >= 11 is 6.14. The van der Waals surface area contributed by atoms with Gasteiger partial charge >= 0.3 is 0 Å². The number of allylic oxidation sites excluding steroid dienone is 3. The number of para-hydroxylation sites is 2. The number of benzene rings is 2. The summed E-state index contributed by atoms with van der Waals surface area (Å²) in [5.41, 5.74) is 5.11. The maximum atomic E-state index is 12.7. The zero-order chi connectivity index (χ0) is 25.9. The van der Waals surface area contributed by atoms with Crippen LogP contribution >= 0.6 is 11.6 Å². The number of halogens is 1. The molecule has 2 aliphatic rings. The lowest BCUT2D eigenvalue weighted by molar-refractivity contribution is -0.117. The zero-order valence-electron chi connectivity index (χ0n) is 20.8. The van der Waals surface area contributed by atoms with Crippen LogP contribution < -0.4 is 15.5 Å². The van der Waals surface area contributed by atoms with Gasteiger partial charge in [-0.2, -0.15) is 4.52 Å². The van der Waals surface area contributed by atoms with Gasteiger partial charge in [0.1, 0.15) is 0 Å². The number of nitrogens with zero attached hydrogens (tertiary/aromatic N) is 7. The SMILES string of the molecule is O=C(NCCN1CCN(c2cccc(Cl)c2)CC1)C1=CC=C(Nc2nc3ccccc3n3nnnc23)CC1. The molecule has 0 bridgehead atoms. The Labute approximate surface area is 225 Å². The quantitative estimate of drug-likeness (QED) is 0.376. The average molecular weight is 530 g/mol. The highest BCUT2D eigenvalue weighted by atomic mass is 35.5. The molecule has 6 rings (SSSR count). The average Bonchev–Trinajstić information content (AvgIpc) is 3.45. The number of rotatable bonds is 7. The fourth-order valence-electron chi connectivity index (χ4n) is 4.92. The number of carbonyl (C=O) groups excluding carboxylic acids is 1. The Bertz CT molecular complexity index is 1540. The highest BCUT2D eigenvalue weighted by molar-refractivity contribution is 6.30. The molecule has 3 heterocycles. The summed E-state index contributed by atoms with van der Waals surface area (Å²) in [5, 5.41) is 19.2. The minimum Gasteiger partial charge on any atom is -0.369 e. The second-order valence-corrected chi connectivity index (χ2v) is 9.87. The summed E-state index contributed by atoms with van der Waals surface area (Å²) in [4.78, 5) is 22.2. The number of tetrazole rings is 1. The van der Waals surface area contributed by atoms with Crippen LogP contribution in [0.25, 0.3) is 16.7 Å². The third-order valence-corrected chi connectivity index (χ3v) is 7.24. The van der Waals surface area contributed by atoms with Gasteiger partial charge in [0.25, 0.3) is 0 Å². The van der Waals surface area contributed by atoms with E-state index in [1.54, 1.807) is 4.52 Å². The third-order valence-electron chi connectivity index (χ3n) is 7.00. The number of hydrogen-bond donors (Lipinski definition) is 2. The summed E-state index contributed by atoms with van der Waals surface area (Å²) in [6.45, 7) is 5.27. The van der Waals surface area contributed by atoms with Crippen LogP contribution in [-0.2, 0) is 4.79 Å². The minimum absolute atomic E-state index is 0.00857. The molecule has 4 aromatic rings. The van der Waals surface area contributed by atoms with Crippen molar-refractivity contribution in [2.75, 3.05) is 49.5 Å². The van der Waals surface area contributed by atoms with Crippen LogP contribution in [0.2, 0.25) is 5.02 Å². The van der Waals surface area contributed by atoms with E-state index in [0.29, 0.717) is 30.9 Å². The predicted molar refractivity (Wildman–Crippen MR) is 148 cm³/mol. The molecular weight excluding hydrogens is 502 g/mol. The Kier molecular flexibility index (Phi) is 6.89. The van der Waals surface area contributed by atoms with Gasteiger partial charge in [-0.25, -0.2) is 4.98 Å². The van der Waals surface area contributed by atoms with Crippen LogP contribution in [-0.4, -0.2) is 75.1 Å². The van der Waals surface area contributed by atoms with Crippen molar-refractivity contribution in [1.82, 2.24) is 35.2 Å². The molecule has 1 saturated heterocycles. The highest BCUT2D eigenvalue weighted by Gasteiger charge is 2.19. The molecule has 38 heavy (non-hydrogen) atoms. The molecule has 0 unspecified atom stereocenters. The van der Waals surface area contributed by atoms with E-state index in [2.05, 4.69) is 42.0 Å². The molecule has 0 spiro atoms. The molecule has 2 aromatic heterocycles. The third kappa shape index (κ3) is 5.18. The fourth-order valence-corrected chi connectivity index (χ4v) is 5.10. The van der Waals surface area contributed by atoms with Crippen molar-refractivity contribution in [1.29, 1.82) is 0 Å².